The van der Waals surface area contributed by atoms with E-state index in [0.29, 0.717) is 18.2 Å². The van der Waals surface area contributed by atoms with Crippen LogP contribution in [0.2, 0.25) is 0 Å². The average molecular weight is 507 g/mol. The van der Waals surface area contributed by atoms with E-state index in [-0.39, 0.29) is 11.4 Å². The summed E-state index contributed by atoms with van der Waals surface area (Å²) in [6.07, 6.45) is 13.2. The molecule has 5 nitrogen and oxygen atoms in total. The lowest BCUT2D eigenvalue weighted by atomic mass is 10.0. The van der Waals surface area contributed by atoms with E-state index in [9.17, 15) is 9.18 Å². The van der Waals surface area contributed by atoms with Crippen LogP contribution in [0.4, 0.5) is 4.39 Å². The Morgan fingerprint density at radius 1 is 0.919 bits per heavy atom. The van der Waals surface area contributed by atoms with Crippen LogP contribution < -0.4 is 9.47 Å². The molecule has 0 saturated heterocycles. The predicted molar refractivity (Wildman–Crippen MR) is 145 cm³/mol. The molecule has 1 unspecified atom stereocenters. The maximum Gasteiger partial charge on any atom is 0.347 e. The zero-order valence-corrected chi connectivity index (χ0v) is 22.3. The fourth-order valence-electron chi connectivity index (χ4n) is 3.91. The van der Waals surface area contributed by atoms with E-state index in [2.05, 4.69) is 30.7 Å². The molecule has 0 N–H and O–H groups in total. The maximum absolute atomic E-state index is 14.6. The van der Waals surface area contributed by atoms with Gasteiger partial charge in [0.05, 0.1) is 30.3 Å². The van der Waals surface area contributed by atoms with Crippen molar-refractivity contribution >= 4 is 5.97 Å². The molecule has 0 radical (unpaired) electrons. The first-order valence-corrected chi connectivity index (χ1v) is 13.6. The summed E-state index contributed by atoms with van der Waals surface area (Å²) in [5.74, 6) is -0.0376. The molecule has 2 aromatic carbocycles. The Bertz CT molecular complexity index is 1100. The van der Waals surface area contributed by atoms with Gasteiger partial charge in [0, 0.05) is 5.56 Å². The number of hydrogen-bond acceptors (Lipinski definition) is 5. The monoisotopic (exact) mass is 506 g/mol. The minimum Gasteiger partial charge on any atom is -0.493 e. The molecule has 1 aromatic heterocycles. The van der Waals surface area contributed by atoms with Gasteiger partial charge in [-0.25, -0.2) is 19.2 Å². The van der Waals surface area contributed by atoms with Gasteiger partial charge in [0.1, 0.15) is 11.6 Å². The lowest BCUT2D eigenvalue weighted by Gasteiger charge is -2.11. The summed E-state index contributed by atoms with van der Waals surface area (Å²) in [5.41, 5.74) is 2.28. The molecule has 3 aromatic rings. The molecule has 0 saturated carbocycles. The molecule has 0 amide bonds. The number of benzene rings is 2. The van der Waals surface area contributed by atoms with Gasteiger partial charge in [-0.05, 0) is 60.7 Å². The Morgan fingerprint density at radius 3 is 2.30 bits per heavy atom. The van der Waals surface area contributed by atoms with E-state index in [4.69, 9.17) is 9.47 Å². The van der Waals surface area contributed by atoms with Crippen LogP contribution in [0.15, 0.2) is 54.9 Å². The fourth-order valence-corrected chi connectivity index (χ4v) is 3.91. The summed E-state index contributed by atoms with van der Waals surface area (Å²) in [4.78, 5) is 21.0. The number of hydrogen-bond donors (Lipinski definition) is 0. The highest BCUT2D eigenvalue weighted by atomic mass is 19.1. The van der Waals surface area contributed by atoms with Crippen LogP contribution in [0.25, 0.3) is 11.3 Å². The van der Waals surface area contributed by atoms with Gasteiger partial charge in [-0.3, -0.25) is 0 Å². The van der Waals surface area contributed by atoms with Gasteiger partial charge in [-0.15, -0.1) is 0 Å². The van der Waals surface area contributed by atoms with Crippen molar-refractivity contribution in [2.45, 2.75) is 78.6 Å². The van der Waals surface area contributed by atoms with Crippen LogP contribution in [0.3, 0.4) is 0 Å². The molecule has 0 fully saturated rings. The van der Waals surface area contributed by atoms with Crippen molar-refractivity contribution in [3.8, 4) is 22.9 Å². The number of rotatable bonds is 15. The van der Waals surface area contributed by atoms with Gasteiger partial charge in [0.15, 0.2) is 0 Å². The maximum atomic E-state index is 14.6. The highest BCUT2D eigenvalue weighted by molar-refractivity contribution is 5.91. The van der Waals surface area contributed by atoms with Gasteiger partial charge in [-0.1, -0.05) is 71.8 Å². The second kappa shape index (κ2) is 15.1. The molecule has 0 aliphatic heterocycles. The topological polar surface area (TPSA) is 61.3 Å². The molecule has 0 aliphatic rings. The quantitative estimate of drug-likeness (QED) is 0.153. The third-order valence-electron chi connectivity index (χ3n) is 6.53. The SMILES string of the molecule is CCCCCCCCCc1ccc(C(=O)Oc2cnc(-c3ccc(OCC(C)CC)cc3)cn2)c(F)c1. The van der Waals surface area contributed by atoms with Crippen LogP contribution in [0, 0.1) is 11.7 Å². The molecular weight excluding hydrogens is 467 g/mol. The third kappa shape index (κ3) is 9.27. The Morgan fingerprint density at radius 2 is 1.65 bits per heavy atom. The summed E-state index contributed by atoms with van der Waals surface area (Å²) in [6, 6.07) is 12.3. The number of nitrogens with zero attached hydrogens (tertiary/aromatic N) is 2. The zero-order chi connectivity index (χ0) is 26.5. The summed E-state index contributed by atoms with van der Waals surface area (Å²) >= 11 is 0. The van der Waals surface area contributed by atoms with Crippen molar-refractivity contribution < 1.29 is 18.7 Å². The molecule has 0 spiro atoms. The number of carbonyl (C=O) groups is 1. The van der Waals surface area contributed by atoms with E-state index in [1.54, 1.807) is 6.07 Å². The fraction of sp³-hybridized carbons (Fsp3) is 0.452. The first-order chi connectivity index (χ1) is 18.0. The summed E-state index contributed by atoms with van der Waals surface area (Å²) in [5, 5.41) is 0. The van der Waals surface area contributed by atoms with Crippen LogP contribution in [0.1, 0.15) is 88.1 Å². The van der Waals surface area contributed by atoms with Crippen LogP contribution in [-0.4, -0.2) is 22.5 Å². The van der Waals surface area contributed by atoms with Crippen molar-refractivity contribution in [3.63, 3.8) is 0 Å². The molecule has 1 heterocycles. The first kappa shape index (κ1) is 28.3. The lowest BCUT2D eigenvalue weighted by Crippen LogP contribution is -2.12. The van der Waals surface area contributed by atoms with Gasteiger partial charge in [0.25, 0.3) is 0 Å². The Labute approximate surface area is 220 Å². The normalized spacial score (nSPS) is 11.8. The molecule has 0 aliphatic carbocycles. The van der Waals surface area contributed by atoms with Crippen molar-refractivity contribution in [2.75, 3.05) is 6.61 Å². The van der Waals surface area contributed by atoms with Crippen LogP contribution in [-0.2, 0) is 6.42 Å². The number of ether oxygens (including phenoxy) is 2. The number of carbonyl (C=O) groups excluding carboxylic acids is 1. The molecule has 6 heteroatoms. The summed E-state index contributed by atoms with van der Waals surface area (Å²) < 4.78 is 25.7. The summed E-state index contributed by atoms with van der Waals surface area (Å²) in [7, 11) is 0. The first-order valence-electron chi connectivity index (χ1n) is 13.6. The second-order valence-corrected chi connectivity index (χ2v) is 9.66. The molecule has 37 heavy (non-hydrogen) atoms. The van der Waals surface area contributed by atoms with E-state index in [0.717, 1.165) is 42.6 Å². The van der Waals surface area contributed by atoms with Crippen molar-refractivity contribution in [3.05, 3.63) is 71.8 Å². The third-order valence-corrected chi connectivity index (χ3v) is 6.53. The highest BCUT2D eigenvalue weighted by Crippen LogP contribution is 2.22. The van der Waals surface area contributed by atoms with Crippen LogP contribution >= 0.6 is 0 Å². The molecule has 1 atom stereocenters. The smallest absolute Gasteiger partial charge is 0.347 e. The highest BCUT2D eigenvalue weighted by Gasteiger charge is 2.16. The molecular formula is C31H39FN2O3. The Hall–Kier alpha value is -3.28. The van der Waals surface area contributed by atoms with Gasteiger partial charge in [0.2, 0.25) is 5.88 Å². The number of aryl methyl sites for hydroxylation is 1. The largest absolute Gasteiger partial charge is 0.493 e. The number of aromatic nitrogens is 2. The second-order valence-electron chi connectivity index (χ2n) is 9.66. The van der Waals surface area contributed by atoms with Crippen molar-refractivity contribution in [1.29, 1.82) is 0 Å². The van der Waals surface area contributed by atoms with E-state index < -0.39 is 11.8 Å². The summed E-state index contributed by atoms with van der Waals surface area (Å²) in [6.45, 7) is 7.18. The standard InChI is InChI=1S/C31H39FN2O3/c1-4-6-7-8-9-10-11-12-24-13-18-27(28(32)19-24)31(35)37-30-21-33-29(20-34-30)25-14-16-26(17-15-25)36-22-23(3)5-2/h13-21,23H,4-12,22H2,1-3H3. The van der Waals surface area contributed by atoms with E-state index in [1.807, 2.05) is 24.3 Å². The minimum atomic E-state index is -0.787. The van der Waals surface area contributed by atoms with Crippen molar-refractivity contribution in [1.82, 2.24) is 9.97 Å². The predicted octanol–water partition coefficient (Wildman–Crippen LogP) is 8.22. The molecule has 3 rings (SSSR count). The number of esters is 1. The van der Waals surface area contributed by atoms with Gasteiger partial charge < -0.3 is 9.47 Å². The van der Waals surface area contributed by atoms with Crippen molar-refractivity contribution in [2.24, 2.45) is 5.92 Å². The molecule has 198 valence electrons. The van der Waals surface area contributed by atoms with Crippen LogP contribution in [0.5, 0.6) is 11.6 Å². The molecule has 0 bridgehead atoms. The van der Waals surface area contributed by atoms with Gasteiger partial charge in [-0.2, -0.15) is 0 Å². The Kier molecular flexibility index (Phi) is 11.5. The lowest BCUT2D eigenvalue weighted by molar-refractivity contribution is 0.0722. The van der Waals surface area contributed by atoms with E-state index in [1.165, 1.54) is 56.6 Å². The average Bonchev–Trinajstić information content (AvgIpc) is 2.92. The number of halogens is 1. The van der Waals surface area contributed by atoms with E-state index >= 15 is 0 Å². The minimum absolute atomic E-state index is 0.0220. The zero-order valence-electron chi connectivity index (χ0n) is 22.3. The Balaban J connectivity index is 1.50. The number of unbranched alkanes of at least 4 members (excludes halogenated alkanes) is 6. The van der Waals surface area contributed by atoms with Gasteiger partial charge >= 0.3 is 5.97 Å².